The number of nitriles is 1. The largest absolute Gasteiger partial charge is 0.508 e. The lowest BCUT2D eigenvalue weighted by atomic mass is 10.1. The van der Waals surface area contributed by atoms with Crippen molar-refractivity contribution >= 4 is 22.9 Å². The minimum Gasteiger partial charge on any atom is -0.508 e. The van der Waals surface area contributed by atoms with Crippen molar-refractivity contribution < 1.29 is 9.90 Å². The van der Waals surface area contributed by atoms with Gasteiger partial charge < -0.3 is 10.0 Å². The number of hydrogen-bond acceptors (Lipinski definition) is 4. The summed E-state index contributed by atoms with van der Waals surface area (Å²) in [6.45, 7) is 0.378. The Morgan fingerprint density at radius 3 is 2.38 bits per heavy atom. The van der Waals surface area contributed by atoms with Gasteiger partial charge in [0, 0.05) is 5.69 Å². The van der Waals surface area contributed by atoms with Gasteiger partial charge in [0.1, 0.15) is 5.75 Å². The van der Waals surface area contributed by atoms with Crippen LogP contribution in [0.2, 0.25) is 0 Å². The Morgan fingerprint density at radius 1 is 1.08 bits per heavy atom. The second-order valence-corrected chi connectivity index (χ2v) is 6.14. The van der Waals surface area contributed by atoms with Crippen molar-refractivity contribution in [1.29, 1.82) is 5.26 Å². The molecule has 2 aromatic carbocycles. The molecule has 0 bridgehead atoms. The van der Waals surface area contributed by atoms with Crippen LogP contribution in [0.1, 0.15) is 20.8 Å². The molecule has 3 aromatic rings. The molecule has 1 N–H and O–H groups in total. The van der Waals surface area contributed by atoms with Crippen molar-refractivity contribution in [3.05, 3.63) is 82.0 Å². The van der Waals surface area contributed by atoms with Gasteiger partial charge in [0.2, 0.25) is 0 Å². The average Bonchev–Trinajstić information content (AvgIpc) is 3.15. The molecule has 24 heavy (non-hydrogen) atoms. The van der Waals surface area contributed by atoms with Crippen molar-refractivity contribution in [1.82, 2.24) is 0 Å². The van der Waals surface area contributed by atoms with Gasteiger partial charge in [-0.15, -0.1) is 11.3 Å². The fourth-order valence-corrected chi connectivity index (χ4v) is 2.99. The van der Waals surface area contributed by atoms with Crippen LogP contribution in [0.3, 0.4) is 0 Å². The molecule has 4 nitrogen and oxygen atoms in total. The zero-order valence-corrected chi connectivity index (χ0v) is 13.5. The minimum absolute atomic E-state index is 0.0946. The maximum absolute atomic E-state index is 12.9. The molecule has 118 valence electrons. The summed E-state index contributed by atoms with van der Waals surface area (Å²) in [5.41, 5.74) is 2.18. The van der Waals surface area contributed by atoms with E-state index in [2.05, 4.69) is 6.07 Å². The van der Waals surface area contributed by atoms with Crippen LogP contribution in [0.15, 0.2) is 66.0 Å². The second kappa shape index (κ2) is 6.99. The molecule has 0 aliphatic carbocycles. The third-order valence-corrected chi connectivity index (χ3v) is 4.42. The van der Waals surface area contributed by atoms with Crippen LogP contribution in [0.25, 0.3) is 0 Å². The van der Waals surface area contributed by atoms with Crippen molar-refractivity contribution in [2.24, 2.45) is 0 Å². The third kappa shape index (κ3) is 3.45. The van der Waals surface area contributed by atoms with Gasteiger partial charge in [0.15, 0.2) is 0 Å². The number of benzene rings is 2. The number of phenolic OH excluding ortho intramolecular Hbond substituents is 1. The zero-order chi connectivity index (χ0) is 16.9. The molecule has 0 aliphatic heterocycles. The molecular weight excluding hydrogens is 320 g/mol. The molecular formula is C19H14N2O2S. The lowest BCUT2D eigenvalue weighted by Gasteiger charge is -2.22. The Kier molecular flexibility index (Phi) is 4.59. The number of amides is 1. The topological polar surface area (TPSA) is 64.3 Å². The van der Waals surface area contributed by atoms with Crippen LogP contribution in [0.4, 0.5) is 5.69 Å². The molecule has 1 amide bonds. The van der Waals surface area contributed by atoms with Gasteiger partial charge in [0.25, 0.3) is 5.91 Å². The first-order chi connectivity index (χ1) is 11.7. The molecule has 0 fully saturated rings. The molecule has 0 atom stereocenters. The Morgan fingerprint density at radius 2 is 1.79 bits per heavy atom. The van der Waals surface area contributed by atoms with Gasteiger partial charge >= 0.3 is 0 Å². The highest BCUT2D eigenvalue weighted by Crippen LogP contribution is 2.23. The first-order valence-corrected chi connectivity index (χ1v) is 8.19. The van der Waals surface area contributed by atoms with E-state index in [1.165, 1.54) is 11.3 Å². The SMILES string of the molecule is N#Cc1ccc(N(Cc2ccc(O)cc2)C(=O)c2cccs2)cc1. The van der Waals surface area contributed by atoms with E-state index in [0.717, 1.165) is 11.3 Å². The van der Waals surface area contributed by atoms with Gasteiger partial charge in [-0.25, -0.2) is 0 Å². The van der Waals surface area contributed by atoms with Crippen LogP contribution in [-0.4, -0.2) is 11.0 Å². The average molecular weight is 334 g/mol. The third-order valence-electron chi connectivity index (χ3n) is 3.56. The van der Waals surface area contributed by atoms with E-state index in [1.54, 1.807) is 59.5 Å². The van der Waals surface area contributed by atoms with E-state index in [9.17, 15) is 9.90 Å². The van der Waals surface area contributed by atoms with Gasteiger partial charge in [-0.1, -0.05) is 18.2 Å². The predicted octanol–water partition coefficient (Wildman–Crippen LogP) is 4.17. The summed E-state index contributed by atoms with van der Waals surface area (Å²) in [7, 11) is 0. The summed E-state index contributed by atoms with van der Waals surface area (Å²) in [6.07, 6.45) is 0. The monoisotopic (exact) mass is 334 g/mol. The van der Waals surface area contributed by atoms with Crippen LogP contribution >= 0.6 is 11.3 Å². The number of nitrogens with zero attached hydrogens (tertiary/aromatic N) is 2. The highest BCUT2D eigenvalue weighted by Gasteiger charge is 2.19. The quantitative estimate of drug-likeness (QED) is 0.779. The molecule has 0 saturated heterocycles. The molecule has 1 aromatic heterocycles. The first kappa shape index (κ1) is 15.8. The van der Waals surface area contributed by atoms with Crippen molar-refractivity contribution in [2.45, 2.75) is 6.54 Å². The van der Waals surface area contributed by atoms with Gasteiger partial charge in [-0.05, 0) is 53.4 Å². The van der Waals surface area contributed by atoms with Crippen molar-refractivity contribution in [2.75, 3.05) is 4.90 Å². The normalized spacial score (nSPS) is 10.1. The Labute approximate surface area is 143 Å². The van der Waals surface area contributed by atoms with E-state index in [0.29, 0.717) is 17.0 Å². The van der Waals surface area contributed by atoms with Crippen molar-refractivity contribution in [3.8, 4) is 11.8 Å². The lowest BCUT2D eigenvalue weighted by molar-refractivity contribution is 0.0989. The number of thiophene rings is 1. The first-order valence-electron chi connectivity index (χ1n) is 7.31. The maximum atomic E-state index is 12.9. The maximum Gasteiger partial charge on any atom is 0.268 e. The van der Waals surface area contributed by atoms with Crippen molar-refractivity contribution in [3.63, 3.8) is 0 Å². The minimum atomic E-state index is -0.0946. The second-order valence-electron chi connectivity index (χ2n) is 5.19. The number of phenols is 1. The molecule has 0 spiro atoms. The van der Waals surface area contributed by atoms with Crippen LogP contribution in [-0.2, 0) is 6.54 Å². The van der Waals surface area contributed by atoms with Crippen LogP contribution < -0.4 is 4.90 Å². The number of carbonyl (C=O) groups excluding carboxylic acids is 1. The number of carbonyl (C=O) groups is 1. The molecule has 1 heterocycles. The summed E-state index contributed by atoms with van der Waals surface area (Å²) < 4.78 is 0. The molecule has 0 radical (unpaired) electrons. The molecule has 0 aliphatic rings. The molecule has 0 saturated carbocycles. The Bertz CT molecular complexity index is 863. The summed E-state index contributed by atoms with van der Waals surface area (Å²) in [5.74, 6) is 0.0936. The number of aromatic hydroxyl groups is 1. The molecule has 3 rings (SSSR count). The highest BCUT2D eigenvalue weighted by molar-refractivity contribution is 7.12. The Balaban J connectivity index is 1.94. The Hall–Kier alpha value is -3.10. The molecule has 0 unspecified atom stereocenters. The van der Waals surface area contributed by atoms with Crippen LogP contribution in [0, 0.1) is 11.3 Å². The smallest absolute Gasteiger partial charge is 0.268 e. The number of anilines is 1. The van der Waals surface area contributed by atoms with Gasteiger partial charge in [-0.3, -0.25) is 4.79 Å². The molecule has 5 heteroatoms. The van der Waals surface area contributed by atoms with Gasteiger partial charge in [-0.2, -0.15) is 5.26 Å². The van der Waals surface area contributed by atoms with Gasteiger partial charge in [0.05, 0.1) is 23.1 Å². The number of hydrogen-bond donors (Lipinski definition) is 1. The summed E-state index contributed by atoms with van der Waals surface area (Å²) >= 11 is 1.39. The lowest BCUT2D eigenvalue weighted by Crippen LogP contribution is -2.29. The fraction of sp³-hybridized carbons (Fsp3) is 0.0526. The summed E-state index contributed by atoms with van der Waals surface area (Å²) in [4.78, 5) is 15.2. The van der Waals surface area contributed by atoms with E-state index in [4.69, 9.17) is 5.26 Å². The van der Waals surface area contributed by atoms with E-state index >= 15 is 0 Å². The van der Waals surface area contributed by atoms with Crippen LogP contribution in [0.5, 0.6) is 5.75 Å². The summed E-state index contributed by atoms with van der Waals surface area (Å²) in [6, 6.07) is 19.4. The van der Waals surface area contributed by atoms with E-state index in [1.807, 2.05) is 11.4 Å². The summed E-state index contributed by atoms with van der Waals surface area (Å²) in [5, 5.41) is 20.2. The van der Waals surface area contributed by atoms with E-state index in [-0.39, 0.29) is 11.7 Å². The highest BCUT2D eigenvalue weighted by atomic mass is 32.1. The zero-order valence-electron chi connectivity index (χ0n) is 12.7. The number of rotatable bonds is 4. The predicted molar refractivity (Wildman–Crippen MR) is 94.1 cm³/mol. The van der Waals surface area contributed by atoms with E-state index < -0.39 is 0 Å². The fourth-order valence-electron chi connectivity index (χ4n) is 2.31. The standard InChI is InChI=1S/C19H14N2O2S/c20-12-14-3-7-16(8-4-14)21(19(23)18-2-1-11-24-18)13-15-5-9-17(22)10-6-15/h1-11,22H,13H2.